The van der Waals surface area contributed by atoms with Crippen LogP contribution in [0.25, 0.3) is 0 Å². The normalized spacial score (nSPS) is 9.93. The fourth-order valence-corrected chi connectivity index (χ4v) is 1.08. The Morgan fingerprint density at radius 2 is 2.29 bits per heavy atom. The zero-order valence-corrected chi connectivity index (χ0v) is 7.88. The van der Waals surface area contributed by atoms with Crippen LogP contribution in [-0.4, -0.2) is 24.2 Å². The second kappa shape index (κ2) is 4.72. The summed E-state index contributed by atoms with van der Waals surface area (Å²) in [7, 11) is 0. The highest BCUT2D eigenvalue weighted by Gasteiger charge is 2.10. The first-order valence-electron chi connectivity index (χ1n) is 4.30. The van der Waals surface area contributed by atoms with Crippen molar-refractivity contribution in [2.24, 2.45) is 0 Å². The number of hydrogen-bond acceptors (Lipinski definition) is 2. The van der Waals surface area contributed by atoms with Crippen molar-refractivity contribution in [1.29, 1.82) is 0 Å². The summed E-state index contributed by atoms with van der Waals surface area (Å²) >= 11 is 0. The summed E-state index contributed by atoms with van der Waals surface area (Å²) in [6.07, 6.45) is 0. The molecular formula is C10H12FNO2. The minimum absolute atomic E-state index is 0.0125. The topological polar surface area (TPSA) is 49.3 Å². The molecule has 3 nitrogen and oxygen atoms in total. The molecule has 0 fully saturated rings. The standard InChI is InChI=1S/C10H12FNO2/c1-7-2-3-9(11)8(6-7)10(14)12-4-5-13/h2-3,6,13H,4-5H2,1H3,(H,12,14). The van der Waals surface area contributed by atoms with E-state index in [1.807, 2.05) is 0 Å². The fraction of sp³-hybridized carbons (Fsp3) is 0.300. The number of halogens is 1. The van der Waals surface area contributed by atoms with Crippen molar-refractivity contribution in [3.05, 3.63) is 35.1 Å². The summed E-state index contributed by atoms with van der Waals surface area (Å²) in [5, 5.41) is 10.9. The van der Waals surface area contributed by atoms with Crippen molar-refractivity contribution in [2.75, 3.05) is 13.2 Å². The Bertz CT molecular complexity index is 339. The van der Waals surface area contributed by atoms with Crippen molar-refractivity contribution in [1.82, 2.24) is 5.32 Å². The molecule has 0 bridgehead atoms. The Kier molecular flexibility index (Phi) is 3.59. The van der Waals surface area contributed by atoms with Crippen LogP contribution in [0, 0.1) is 12.7 Å². The molecule has 0 radical (unpaired) electrons. The lowest BCUT2D eigenvalue weighted by molar-refractivity contribution is 0.0940. The van der Waals surface area contributed by atoms with Crippen LogP contribution in [0.15, 0.2) is 18.2 Å². The van der Waals surface area contributed by atoms with Crippen molar-refractivity contribution < 1.29 is 14.3 Å². The van der Waals surface area contributed by atoms with Gasteiger partial charge in [0.15, 0.2) is 0 Å². The van der Waals surface area contributed by atoms with E-state index in [1.165, 1.54) is 12.1 Å². The molecule has 0 spiro atoms. The van der Waals surface area contributed by atoms with Gasteiger partial charge in [-0.1, -0.05) is 11.6 Å². The number of hydrogen-bond donors (Lipinski definition) is 2. The molecule has 1 aromatic rings. The molecule has 1 aromatic carbocycles. The smallest absolute Gasteiger partial charge is 0.254 e. The molecule has 1 amide bonds. The minimum atomic E-state index is -0.550. The van der Waals surface area contributed by atoms with Gasteiger partial charge in [-0.3, -0.25) is 4.79 Å². The molecule has 0 aliphatic heterocycles. The van der Waals surface area contributed by atoms with Crippen LogP contribution in [0.3, 0.4) is 0 Å². The second-order valence-electron chi connectivity index (χ2n) is 2.96. The van der Waals surface area contributed by atoms with Gasteiger partial charge in [-0.2, -0.15) is 0 Å². The van der Waals surface area contributed by atoms with Crippen LogP contribution in [0.1, 0.15) is 15.9 Å². The number of aryl methyl sites for hydroxylation is 1. The van der Waals surface area contributed by atoms with E-state index >= 15 is 0 Å². The second-order valence-corrected chi connectivity index (χ2v) is 2.96. The van der Waals surface area contributed by atoms with E-state index < -0.39 is 11.7 Å². The first-order chi connectivity index (χ1) is 6.65. The van der Waals surface area contributed by atoms with Crippen LogP contribution in [0.4, 0.5) is 4.39 Å². The number of carbonyl (C=O) groups is 1. The lowest BCUT2D eigenvalue weighted by atomic mass is 10.1. The van der Waals surface area contributed by atoms with Crippen molar-refractivity contribution in [3.63, 3.8) is 0 Å². The van der Waals surface area contributed by atoms with Crippen LogP contribution in [0.5, 0.6) is 0 Å². The summed E-state index contributed by atoms with van der Waals surface area (Å²) in [6.45, 7) is 1.76. The first-order valence-corrected chi connectivity index (χ1v) is 4.30. The van der Waals surface area contributed by atoms with E-state index in [0.717, 1.165) is 5.56 Å². The summed E-state index contributed by atoms with van der Waals surface area (Å²) < 4.78 is 13.1. The van der Waals surface area contributed by atoms with Crippen molar-refractivity contribution in [2.45, 2.75) is 6.92 Å². The van der Waals surface area contributed by atoms with E-state index in [1.54, 1.807) is 13.0 Å². The highest BCUT2D eigenvalue weighted by molar-refractivity contribution is 5.94. The van der Waals surface area contributed by atoms with E-state index in [-0.39, 0.29) is 18.7 Å². The predicted octanol–water partition coefficient (Wildman–Crippen LogP) is 0.856. The van der Waals surface area contributed by atoms with Crippen LogP contribution in [-0.2, 0) is 0 Å². The van der Waals surface area contributed by atoms with E-state index in [9.17, 15) is 9.18 Å². The number of nitrogens with one attached hydrogen (secondary N) is 1. The van der Waals surface area contributed by atoms with Crippen LogP contribution < -0.4 is 5.32 Å². The van der Waals surface area contributed by atoms with Crippen molar-refractivity contribution in [3.8, 4) is 0 Å². The van der Waals surface area contributed by atoms with Gasteiger partial charge in [-0.15, -0.1) is 0 Å². The molecule has 1 rings (SSSR count). The number of benzene rings is 1. The quantitative estimate of drug-likeness (QED) is 0.755. The van der Waals surface area contributed by atoms with Gasteiger partial charge in [0.25, 0.3) is 5.91 Å². The van der Waals surface area contributed by atoms with Gasteiger partial charge in [0, 0.05) is 6.54 Å². The molecule has 0 saturated heterocycles. The maximum absolute atomic E-state index is 13.1. The summed E-state index contributed by atoms with van der Waals surface area (Å²) in [5.74, 6) is -1.05. The minimum Gasteiger partial charge on any atom is -0.395 e. The van der Waals surface area contributed by atoms with Gasteiger partial charge in [0.1, 0.15) is 5.82 Å². The van der Waals surface area contributed by atoms with E-state index in [2.05, 4.69) is 5.32 Å². The maximum atomic E-state index is 13.1. The Balaban J connectivity index is 2.83. The van der Waals surface area contributed by atoms with Gasteiger partial charge in [0.05, 0.1) is 12.2 Å². The first kappa shape index (κ1) is 10.7. The molecule has 0 aromatic heterocycles. The van der Waals surface area contributed by atoms with E-state index in [4.69, 9.17) is 5.11 Å². The third-order valence-electron chi connectivity index (χ3n) is 1.76. The average Bonchev–Trinajstić information content (AvgIpc) is 2.18. The SMILES string of the molecule is Cc1ccc(F)c(C(=O)NCCO)c1. The highest BCUT2D eigenvalue weighted by Crippen LogP contribution is 2.09. The molecule has 14 heavy (non-hydrogen) atoms. The monoisotopic (exact) mass is 197 g/mol. The Morgan fingerprint density at radius 1 is 1.57 bits per heavy atom. The fourth-order valence-electron chi connectivity index (χ4n) is 1.08. The van der Waals surface area contributed by atoms with Gasteiger partial charge in [0.2, 0.25) is 0 Å². The zero-order chi connectivity index (χ0) is 10.6. The van der Waals surface area contributed by atoms with Crippen LogP contribution in [0.2, 0.25) is 0 Å². The zero-order valence-electron chi connectivity index (χ0n) is 7.88. The lowest BCUT2D eigenvalue weighted by Crippen LogP contribution is -2.27. The number of carbonyl (C=O) groups excluding carboxylic acids is 1. The lowest BCUT2D eigenvalue weighted by Gasteiger charge is -2.04. The number of aliphatic hydroxyl groups is 1. The average molecular weight is 197 g/mol. The molecule has 0 saturated carbocycles. The predicted molar refractivity (Wildman–Crippen MR) is 50.6 cm³/mol. The van der Waals surface area contributed by atoms with E-state index in [0.29, 0.717) is 0 Å². The maximum Gasteiger partial charge on any atom is 0.254 e. The number of aliphatic hydroxyl groups excluding tert-OH is 1. The Hall–Kier alpha value is -1.42. The molecule has 0 atom stereocenters. The number of amides is 1. The molecule has 0 aliphatic rings. The third-order valence-corrected chi connectivity index (χ3v) is 1.76. The molecule has 0 unspecified atom stereocenters. The van der Waals surface area contributed by atoms with Crippen molar-refractivity contribution >= 4 is 5.91 Å². The number of rotatable bonds is 3. The Labute approximate surface area is 81.6 Å². The molecule has 76 valence electrons. The summed E-state index contributed by atoms with van der Waals surface area (Å²) in [5.41, 5.74) is 0.832. The molecule has 4 heteroatoms. The van der Waals surface area contributed by atoms with Gasteiger partial charge in [-0.05, 0) is 19.1 Å². The summed E-state index contributed by atoms with van der Waals surface area (Å²) in [4.78, 5) is 11.3. The molecule has 2 N–H and O–H groups in total. The largest absolute Gasteiger partial charge is 0.395 e. The Morgan fingerprint density at radius 3 is 2.93 bits per heavy atom. The summed E-state index contributed by atoms with van der Waals surface area (Å²) in [6, 6.07) is 4.32. The third kappa shape index (κ3) is 2.53. The van der Waals surface area contributed by atoms with Gasteiger partial charge < -0.3 is 10.4 Å². The molecule has 0 aliphatic carbocycles. The highest BCUT2D eigenvalue weighted by atomic mass is 19.1. The van der Waals surface area contributed by atoms with Gasteiger partial charge >= 0.3 is 0 Å². The van der Waals surface area contributed by atoms with Crippen LogP contribution >= 0.6 is 0 Å². The molecule has 0 heterocycles. The molecular weight excluding hydrogens is 185 g/mol. The van der Waals surface area contributed by atoms with Gasteiger partial charge in [-0.25, -0.2) is 4.39 Å².